The van der Waals surface area contributed by atoms with Gasteiger partial charge in [-0.1, -0.05) is 23.7 Å². The topological polar surface area (TPSA) is 0 Å². The third-order valence-corrected chi connectivity index (χ3v) is 4.30. The average Bonchev–Trinajstić information content (AvgIpc) is 2.36. The van der Waals surface area contributed by atoms with Crippen LogP contribution in [0.15, 0.2) is 34.8 Å². The van der Waals surface area contributed by atoms with E-state index in [1.807, 2.05) is 6.92 Å². The molecule has 0 radical (unpaired) electrons. The van der Waals surface area contributed by atoms with Gasteiger partial charge in [-0.15, -0.1) is 11.6 Å². The Balaban J connectivity index is 2.46. The molecule has 100 valence electrons. The summed E-state index contributed by atoms with van der Waals surface area (Å²) in [5, 5.41) is -0.248. The fourth-order valence-corrected chi connectivity index (χ4v) is 2.49. The number of alkyl halides is 1. The SMILES string of the molecule is Cc1ccc(C(Cl)c2cc(F)c(Br)cc2F)cc1Cl. The first-order valence-corrected chi connectivity index (χ1v) is 7.05. The molecule has 0 heterocycles. The van der Waals surface area contributed by atoms with Crippen molar-refractivity contribution in [1.29, 1.82) is 0 Å². The molecule has 0 bridgehead atoms. The highest BCUT2D eigenvalue weighted by Gasteiger charge is 2.18. The summed E-state index contributed by atoms with van der Waals surface area (Å²) < 4.78 is 27.4. The molecule has 0 saturated carbocycles. The first-order chi connectivity index (χ1) is 8.90. The van der Waals surface area contributed by atoms with Crippen molar-refractivity contribution in [1.82, 2.24) is 0 Å². The van der Waals surface area contributed by atoms with Crippen LogP contribution in [0, 0.1) is 18.6 Å². The van der Waals surface area contributed by atoms with E-state index in [1.165, 1.54) is 0 Å². The van der Waals surface area contributed by atoms with Gasteiger partial charge in [0.1, 0.15) is 11.6 Å². The lowest BCUT2D eigenvalue weighted by Crippen LogP contribution is -1.99. The van der Waals surface area contributed by atoms with E-state index in [-0.39, 0.29) is 10.0 Å². The molecule has 0 aliphatic rings. The van der Waals surface area contributed by atoms with Gasteiger partial charge >= 0.3 is 0 Å². The molecule has 1 atom stereocenters. The second-order valence-corrected chi connectivity index (χ2v) is 5.86. The molecular weight excluding hydrogens is 357 g/mol. The Morgan fingerprint density at radius 2 is 1.79 bits per heavy atom. The van der Waals surface area contributed by atoms with Crippen molar-refractivity contribution in [3.63, 3.8) is 0 Å². The van der Waals surface area contributed by atoms with Gasteiger partial charge in [0.15, 0.2) is 0 Å². The first-order valence-electron chi connectivity index (χ1n) is 5.44. The van der Waals surface area contributed by atoms with E-state index >= 15 is 0 Å². The lowest BCUT2D eigenvalue weighted by Gasteiger charge is -2.13. The highest BCUT2D eigenvalue weighted by atomic mass is 79.9. The fourth-order valence-electron chi connectivity index (χ4n) is 1.68. The highest BCUT2D eigenvalue weighted by molar-refractivity contribution is 9.10. The number of hydrogen-bond acceptors (Lipinski definition) is 0. The van der Waals surface area contributed by atoms with Gasteiger partial charge in [-0.3, -0.25) is 0 Å². The van der Waals surface area contributed by atoms with Crippen LogP contribution in [-0.4, -0.2) is 0 Å². The molecule has 0 fully saturated rings. The number of aryl methyl sites for hydroxylation is 1. The van der Waals surface area contributed by atoms with Crippen LogP contribution < -0.4 is 0 Å². The molecule has 0 nitrogen and oxygen atoms in total. The third kappa shape index (κ3) is 3.10. The Morgan fingerprint density at radius 3 is 2.42 bits per heavy atom. The van der Waals surface area contributed by atoms with Crippen molar-refractivity contribution < 1.29 is 8.78 Å². The Kier molecular flexibility index (Phi) is 4.49. The molecule has 0 N–H and O–H groups in total. The molecule has 5 heteroatoms. The Morgan fingerprint density at radius 1 is 1.11 bits per heavy atom. The molecule has 0 aromatic heterocycles. The minimum absolute atomic E-state index is 0.0690. The van der Waals surface area contributed by atoms with Gasteiger partial charge in [0, 0.05) is 10.6 Å². The summed E-state index contributed by atoms with van der Waals surface area (Å²) in [6, 6.07) is 7.35. The molecule has 0 amide bonds. The van der Waals surface area contributed by atoms with Gasteiger partial charge in [-0.05, 0) is 52.2 Å². The largest absolute Gasteiger partial charge is 0.207 e. The number of halogens is 5. The lowest BCUT2D eigenvalue weighted by atomic mass is 10.0. The summed E-state index contributed by atoms with van der Waals surface area (Å²) in [5.41, 5.74) is 1.61. The summed E-state index contributed by atoms with van der Waals surface area (Å²) in [6.07, 6.45) is 0. The maximum Gasteiger partial charge on any atom is 0.137 e. The van der Waals surface area contributed by atoms with Gasteiger partial charge in [0.25, 0.3) is 0 Å². The van der Waals surface area contributed by atoms with Gasteiger partial charge in [0.2, 0.25) is 0 Å². The molecular formula is C14H9BrCl2F2. The highest BCUT2D eigenvalue weighted by Crippen LogP contribution is 2.34. The quantitative estimate of drug-likeness (QED) is 0.451. The summed E-state index contributed by atoms with van der Waals surface area (Å²) >= 11 is 15.1. The monoisotopic (exact) mass is 364 g/mol. The van der Waals surface area contributed by atoms with Crippen LogP contribution >= 0.6 is 39.1 Å². The van der Waals surface area contributed by atoms with E-state index in [4.69, 9.17) is 23.2 Å². The fraction of sp³-hybridized carbons (Fsp3) is 0.143. The van der Waals surface area contributed by atoms with Crippen molar-refractivity contribution in [3.8, 4) is 0 Å². The first kappa shape index (κ1) is 14.8. The number of rotatable bonds is 2. The second kappa shape index (κ2) is 5.78. The van der Waals surface area contributed by atoms with Gasteiger partial charge < -0.3 is 0 Å². The van der Waals surface area contributed by atoms with Gasteiger partial charge in [-0.25, -0.2) is 8.78 Å². The predicted octanol–water partition coefficient (Wildman–Crippen LogP) is 6.02. The lowest BCUT2D eigenvalue weighted by molar-refractivity contribution is 0.582. The Bertz CT molecular complexity index is 629. The average molecular weight is 366 g/mol. The molecule has 2 rings (SSSR count). The summed E-state index contributed by atoms with van der Waals surface area (Å²) in [6.45, 7) is 1.86. The molecule has 1 unspecified atom stereocenters. The standard InChI is InChI=1S/C14H9BrCl2F2/c1-7-2-3-8(4-11(7)16)14(17)9-5-13(19)10(15)6-12(9)18/h2-6,14H,1H3. The molecule has 0 saturated heterocycles. The van der Waals surface area contributed by atoms with Crippen LogP contribution in [0.4, 0.5) is 8.78 Å². The van der Waals surface area contributed by atoms with Crippen molar-refractivity contribution in [2.75, 3.05) is 0 Å². The van der Waals surface area contributed by atoms with Crippen LogP contribution in [-0.2, 0) is 0 Å². The Labute approximate surface area is 128 Å². The van der Waals surface area contributed by atoms with Gasteiger partial charge in [0.05, 0.1) is 9.85 Å². The zero-order valence-electron chi connectivity index (χ0n) is 9.85. The second-order valence-electron chi connectivity index (χ2n) is 4.16. The summed E-state index contributed by atoms with van der Waals surface area (Å²) in [5.74, 6) is -1.12. The molecule has 0 spiro atoms. The van der Waals surface area contributed by atoms with E-state index in [9.17, 15) is 8.78 Å². The molecule has 0 aliphatic heterocycles. The summed E-state index contributed by atoms with van der Waals surface area (Å²) in [4.78, 5) is 0. The van der Waals surface area contributed by atoms with Gasteiger partial charge in [-0.2, -0.15) is 0 Å². The minimum Gasteiger partial charge on any atom is -0.207 e. The number of hydrogen-bond donors (Lipinski definition) is 0. The van der Waals surface area contributed by atoms with E-state index in [1.54, 1.807) is 18.2 Å². The van der Waals surface area contributed by atoms with Crippen molar-refractivity contribution >= 4 is 39.1 Å². The van der Waals surface area contributed by atoms with Crippen LogP contribution in [0.5, 0.6) is 0 Å². The summed E-state index contributed by atoms with van der Waals surface area (Å²) in [7, 11) is 0. The molecule has 19 heavy (non-hydrogen) atoms. The molecule has 2 aromatic carbocycles. The van der Waals surface area contributed by atoms with Crippen molar-refractivity contribution in [2.24, 2.45) is 0 Å². The third-order valence-electron chi connectivity index (χ3n) is 2.80. The van der Waals surface area contributed by atoms with Crippen LogP contribution in [0.25, 0.3) is 0 Å². The van der Waals surface area contributed by atoms with Crippen molar-refractivity contribution in [2.45, 2.75) is 12.3 Å². The normalized spacial score (nSPS) is 12.5. The molecule has 0 aliphatic carbocycles. The Hall–Kier alpha value is -0.640. The van der Waals surface area contributed by atoms with Crippen LogP contribution in [0.3, 0.4) is 0 Å². The van der Waals surface area contributed by atoms with E-state index in [2.05, 4.69) is 15.9 Å². The number of benzene rings is 2. The van der Waals surface area contributed by atoms with E-state index in [0.29, 0.717) is 10.6 Å². The smallest absolute Gasteiger partial charge is 0.137 e. The molecule has 2 aromatic rings. The van der Waals surface area contributed by atoms with Crippen LogP contribution in [0.1, 0.15) is 22.1 Å². The minimum atomic E-state index is -0.791. The zero-order chi connectivity index (χ0) is 14.2. The zero-order valence-corrected chi connectivity index (χ0v) is 13.0. The van der Waals surface area contributed by atoms with Crippen molar-refractivity contribution in [3.05, 3.63) is 68.2 Å². The van der Waals surface area contributed by atoms with Crippen LogP contribution in [0.2, 0.25) is 5.02 Å². The van der Waals surface area contributed by atoms with E-state index in [0.717, 1.165) is 17.7 Å². The maximum atomic E-state index is 13.8. The predicted molar refractivity (Wildman–Crippen MR) is 77.9 cm³/mol. The van der Waals surface area contributed by atoms with E-state index < -0.39 is 17.0 Å². The maximum absolute atomic E-state index is 13.8.